The van der Waals surface area contributed by atoms with Crippen molar-refractivity contribution < 1.29 is 9.53 Å². The van der Waals surface area contributed by atoms with E-state index < -0.39 is 0 Å². The van der Waals surface area contributed by atoms with Crippen molar-refractivity contribution in [3.8, 4) is 0 Å². The van der Waals surface area contributed by atoms with Crippen molar-refractivity contribution in [2.24, 2.45) is 5.92 Å². The van der Waals surface area contributed by atoms with Crippen LogP contribution in [0.2, 0.25) is 0 Å². The highest BCUT2D eigenvalue weighted by atomic mass is 16.5. The first kappa shape index (κ1) is 16.4. The summed E-state index contributed by atoms with van der Waals surface area (Å²) in [6, 6.07) is 0.449. The molecule has 19 heavy (non-hydrogen) atoms. The number of nitrogens with one attached hydrogen (secondary N) is 2. The summed E-state index contributed by atoms with van der Waals surface area (Å²) >= 11 is 0. The normalized spacial score (nSPS) is 23.3. The van der Waals surface area contributed by atoms with Gasteiger partial charge in [-0.15, -0.1) is 0 Å². The molecule has 0 bridgehead atoms. The molecule has 0 aromatic heterocycles. The smallest absolute Gasteiger partial charge is 0.220 e. The summed E-state index contributed by atoms with van der Waals surface area (Å²) in [6.07, 6.45) is 3.07. The van der Waals surface area contributed by atoms with E-state index in [1.165, 1.54) is 12.8 Å². The Kier molecular flexibility index (Phi) is 7.34. The van der Waals surface area contributed by atoms with Gasteiger partial charge in [-0.1, -0.05) is 6.92 Å². The van der Waals surface area contributed by atoms with E-state index in [9.17, 15) is 4.79 Å². The molecule has 1 amide bonds. The molecular weight excluding hydrogens is 242 g/mol. The van der Waals surface area contributed by atoms with E-state index >= 15 is 0 Å². The van der Waals surface area contributed by atoms with Crippen molar-refractivity contribution in [1.29, 1.82) is 0 Å². The molecule has 3 atom stereocenters. The maximum atomic E-state index is 11.8. The number of hydrogen-bond donors (Lipinski definition) is 2. The molecular formula is C14H29N3O2. The van der Waals surface area contributed by atoms with Crippen LogP contribution in [-0.2, 0) is 9.53 Å². The third kappa shape index (κ3) is 5.09. The van der Waals surface area contributed by atoms with Crippen LogP contribution in [0.15, 0.2) is 0 Å². The molecule has 0 saturated carbocycles. The Hall–Kier alpha value is -0.650. The van der Waals surface area contributed by atoms with Crippen LogP contribution in [0.5, 0.6) is 0 Å². The molecule has 0 aromatic rings. The van der Waals surface area contributed by atoms with Gasteiger partial charge in [0.25, 0.3) is 0 Å². The largest absolute Gasteiger partial charge is 0.380 e. The average molecular weight is 271 g/mol. The van der Waals surface area contributed by atoms with Gasteiger partial charge in [0.2, 0.25) is 5.91 Å². The fourth-order valence-corrected chi connectivity index (χ4v) is 2.93. The van der Waals surface area contributed by atoms with Crippen LogP contribution < -0.4 is 10.6 Å². The SMILES string of the molecule is CNCCNC(=O)CC(C)C(OC)C1CCCN1C. The maximum absolute atomic E-state index is 11.8. The molecule has 5 nitrogen and oxygen atoms in total. The molecule has 1 heterocycles. The van der Waals surface area contributed by atoms with E-state index in [0.717, 1.165) is 13.1 Å². The number of ether oxygens (including phenoxy) is 1. The lowest BCUT2D eigenvalue weighted by molar-refractivity contribution is -0.123. The summed E-state index contributed by atoms with van der Waals surface area (Å²) in [4.78, 5) is 14.2. The van der Waals surface area contributed by atoms with Crippen LogP contribution in [0.3, 0.4) is 0 Å². The van der Waals surface area contributed by atoms with Gasteiger partial charge < -0.3 is 20.3 Å². The van der Waals surface area contributed by atoms with E-state index in [4.69, 9.17) is 4.74 Å². The number of rotatable bonds is 8. The second kappa shape index (κ2) is 8.51. The highest BCUT2D eigenvalue weighted by molar-refractivity contribution is 5.76. The first-order valence-corrected chi connectivity index (χ1v) is 7.24. The Balaban J connectivity index is 2.40. The fourth-order valence-electron chi connectivity index (χ4n) is 2.93. The molecule has 0 aliphatic carbocycles. The Labute approximate surface area is 117 Å². The zero-order valence-corrected chi connectivity index (χ0v) is 12.7. The van der Waals surface area contributed by atoms with Crippen LogP contribution >= 0.6 is 0 Å². The number of likely N-dealkylation sites (tertiary alicyclic amines) is 1. The number of carbonyl (C=O) groups excluding carboxylic acids is 1. The van der Waals surface area contributed by atoms with Crippen molar-refractivity contribution in [2.45, 2.75) is 38.3 Å². The molecule has 0 spiro atoms. The van der Waals surface area contributed by atoms with E-state index in [1.807, 2.05) is 7.05 Å². The molecule has 0 aromatic carbocycles. The summed E-state index contributed by atoms with van der Waals surface area (Å²) in [6.45, 7) is 4.73. The average Bonchev–Trinajstić information content (AvgIpc) is 2.77. The minimum atomic E-state index is 0.116. The Morgan fingerprint density at radius 3 is 2.74 bits per heavy atom. The third-order valence-corrected chi connectivity index (χ3v) is 3.99. The standard InChI is InChI=1S/C14H29N3O2/c1-11(10-13(18)16-8-7-15-2)14(19-4)12-6-5-9-17(12)3/h11-12,14-15H,5-10H2,1-4H3,(H,16,18). The molecule has 1 aliphatic heterocycles. The summed E-state index contributed by atoms with van der Waals surface area (Å²) in [7, 11) is 5.78. The molecule has 1 saturated heterocycles. The van der Waals surface area contributed by atoms with Crippen molar-refractivity contribution >= 4 is 5.91 Å². The van der Waals surface area contributed by atoms with Crippen LogP contribution in [-0.4, -0.2) is 63.8 Å². The Morgan fingerprint density at radius 2 is 2.21 bits per heavy atom. The highest BCUT2D eigenvalue weighted by Crippen LogP contribution is 2.25. The lowest BCUT2D eigenvalue weighted by Gasteiger charge is -2.32. The monoisotopic (exact) mass is 271 g/mol. The van der Waals surface area contributed by atoms with Crippen LogP contribution in [0.1, 0.15) is 26.2 Å². The minimum Gasteiger partial charge on any atom is -0.380 e. The topological polar surface area (TPSA) is 53.6 Å². The third-order valence-electron chi connectivity index (χ3n) is 3.99. The first-order chi connectivity index (χ1) is 9.10. The predicted molar refractivity (Wildman–Crippen MR) is 77.2 cm³/mol. The second-order valence-electron chi connectivity index (χ2n) is 5.53. The number of likely N-dealkylation sites (N-methyl/N-ethyl adjacent to an activating group) is 2. The number of hydrogen-bond acceptors (Lipinski definition) is 4. The zero-order valence-electron chi connectivity index (χ0n) is 12.7. The second-order valence-corrected chi connectivity index (χ2v) is 5.53. The van der Waals surface area contributed by atoms with Gasteiger partial charge in [0, 0.05) is 32.7 Å². The van der Waals surface area contributed by atoms with Crippen molar-refractivity contribution in [1.82, 2.24) is 15.5 Å². The maximum Gasteiger partial charge on any atom is 0.220 e. The molecule has 0 radical (unpaired) electrons. The van der Waals surface area contributed by atoms with Gasteiger partial charge in [-0.05, 0) is 39.4 Å². The number of methoxy groups -OCH3 is 1. The van der Waals surface area contributed by atoms with Gasteiger partial charge in [0.1, 0.15) is 0 Å². The number of carbonyl (C=O) groups is 1. The van der Waals surface area contributed by atoms with Crippen LogP contribution in [0.25, 0.3) is 0 Å². The lowest BCUT2D eigenvalue weighted by atomic mass is 9.93. The number of nitrogens with zero attached hydrogens (tertiary/aromatic N) is 1. The minimum absolute atomic E-state index is 0.116. The summed E-state index contributed by atoms with van der Waals surface area (Å²) < 4.78 is 5.66. The lowest BCUT2D eigenvalue weighted by Crippen LogP contribution is -2.43. The predicted octanol–water partition coefficient (Wildman–Crippen LogP) is 0.457. The van der Waals surface area contributed by atoms with Gasteiger partial charge in [-0.25, -0.2) is 0 Å². The van der Waals surface area contributed by atoms with E-state index in [-0.39, 0.29) is 17.9 Å². The van der Waals surface area contributed by atoms with Crippen molar-refractivity contribution in [2.75, 3.05) is 40.8 Å². The van der Waals surface area contributed by atoms with Gasteiger partial charge in [0.15, 0.2) is 0 Å². The first-order valence-electron chi connectivity index (χ1n) is 7.24. The Morgan fingerprint density at radius 1 is 1.47 bits per heavy atom. The summed E-state index contributed by atoms with van der Waals surface area (Å²) in [5, 5.41) is 5.94. The van der Waals surface area contributed by atoms with E-state index in [2.05, 4.69) is 29.5 Å². The summed E-state index contributed by atoms with van der Waals surface area (Å²) in [5.74, 6) is 0.357. The molecule has 112 valence electrons. The highest BCUT2D eigenvalue weighted by Gasteiger charge is 2.33. The van der Waals surface area contributed by atoms with Crippen LogP contribution in [0.4, 0.5) is 0 Å². The van der Waals surface area contributed by atoms with Gasteiger partial charge >= 0.3 is 0 Å². The zero-order chi connectivity index (χ0) is 14.3. The molecule has 1 rings (SSSR count). The molecule has 2 N–H and O–H groups in total. The molecule has 1 aliphatic rings. The van der Waals surface area contributed by atoms with Gasteiger partial charge in [-0.2, -0.15) is 0 Å². The van der Waals surface area contributed by atoms with Gasteiger partial charge in [-0.3, -0.25) is 4.79 Å². The van der Waals surface area contributed by atoms with Crippen LogP contribution in [0, 0.1) is 5.92 Å². The Bertz CT molecular complexity index is 273. The van der Waals surface area contributed by atoms with E-state index in [1.54, 1.807) is 7.11 Å². The quantitative estimate of drug-likeness (QED) is 0.630. The summed E-state index contributed by atoms with van der Waals surface area (Å²) in [5.41, 5.74) is 0. The molecule has 3 unspecified atom stereocenters. The molecule has 1 fully saturated rings. The van der Waals surface area contributed by atoms with Crippen molar-refractivity contribution in [3.63, 3.8) is 0 Å². The fraction of sp³-hybridized carbons (Fsp3) is 0.929. The van der Waals surface area contributed by atoms with E-state index in [0.29, 0.717) is 19.0 Å². The van der Waals surface area contributed by atoms with Gasteiger partial charge in [0.05, 0.1) is 6.10 Å². The number of amides is 1. The van der Waals surface area contributed by atoms with Crippen molar-refractivity contribution in [3.05, 3.63) is 0 Å². The molecule has 5 heteroatoms.